The Hall–Kier alpha value is -0.830. The number of rotatable bonds is 3. The average Bonchev–Trinajstić information content (AvgIpc) is 2.55. The maximum absolute atomic E-state index is 6.44. The van der Waals surface area contributed by atoms with E-state index in [-0.39, 0.29) is 0 Å². The molecule has 0 fully saturated rings. The Bertz CT molecular complexity index is 796. The van der Waals surface area contributed by atoms with E-state index in [4.69, 9.17) is 11.6 Å². The highest BCUT2D eigenvalue weighted by Gasteiger charge is 2.14. The zero-order valence-electron chi connectivity index (χ0n) is 11.2. The molecule has 0 aromatic heterocycles. The molecule has 106 valence electrons. The monoisotopic (exact) mass is 422 g/mol. The number of halogens is 3. The molecule has 0 saturated carbocycles. The van der Waals surface area contributed by atoms with Gasteiger partial charge in [-0.3, -0.25) is 0 Å². The van der Waals surface area contributed by atoms with Gasteiger partial charge >= 0.3 is 0 Å². The van der Waals surface area contributed by atoms with E-state index in [9.17, 15) is 0 Å². The van der Waals surface area contributed by atoms with Crippen molar-refractivity contribution in [1.29, 1.82) is 0 Å². The number of alkyl halides is 2. The molecule has 0 aliphatic carbocycles. The lowest BCUT2D eigenvalue weighted by atomic mass is 9.91. The second-order valence-electron chi connectivity index (χ2n) is 4.86. The summed E-state index contributed by atoms with van der Waals surface area (Å²) in [6.07, 6.45) is 0. The molecule has 3 aromatic carbocycles. The van der Waals surface area contributed by atoms with E-state index in [0.717, 1.165) is 21.1 Å². The Morgan fingerprint density at radius 2 is 1.38 bits per heavy atom. The molecule has 3 rings (SSSR count). The van der Waals surface area contributed by atoms with E-state index < -0.39 is 0 Å². The SMILES string of the molecule is Clc1cc(CBr)c(-c2ccccc2CBr)c2ccccc12. The first-order chi connectivity index (χ1) is 10.3. The lowest BCUT2D eigenvalue weighted by Crippen LogP contribution is -1.93. The summed E-state index contributed by atoms with van der Waals surface area (Å²) in [5, 5.41) is 4.72. The second-order valence-corrected chi connectivity index (χ2v) is 6.39. The summed E-state index contributed by atoms with van der Waals surface area (Å²) in [6, 6.07) is 18.9. The molecule has 0 N–H and O–H groups in total. The molecule has 0 radical (unpaired) electrons. The van der Waals surface area contributed by atoms with Crippen LogP contribution in [0.2, 0.25) is 5.02 Å². The number of hydrogen-bond acceptors (Lipinski definition) is 0. The van der Waals surface area contributed by atoms with Crippen LogP contribution in [-0.4, -0.2) is 0 Å². The van der Waals surface area contributed by atoms with Crippen LogP contribution in [0.5, 0.6) is 0 Å². The maximum Gasteiger partial charge on any atom is 0.0487 e. The molecule has 21 heavy (non-hydrogen) atoms. The predicted octanol–water partition coefficient (Wildman–Crippen LogP) is 6.95. The van der Waals surface area contributed by atoms with Crippen LogP contribution in [0.3, 0.4) is 0 Å². The maximum atomic E-state index is 6.44. The van der Waals surface area contributed by atoms with E-state index in [1.807, 2.05) is 6.07 Å². The minimum atomic E-state index is 0.781. The van der Waals surface area contributed by atoms with Gasteiger partial charge in [0.05, 0.1) is 0 Å². The van der Waals surface area contributed by atoms with Gasteiger partial charge in [-0.05, 0) is 33.7 Å². The van der Waals surface area contributed by atoms with Crippen LogP contribution < -0.4 is 0 Å². The third-order valence-corrected chi connectivity index (χ3v) is 5.17. The number of fused-ring (bicyclic) bond motifs is 1. The van der Waals surface area contributed by atoms with Gasteiger partial charge in [0.1, 0.15) is 0 Å². The van der Waals surface area contributed by atoms with E-state index in [2.05, 4.69) is 80.4 Å². The van der Waals surface area contributed by atoms with Gasteiger partial charge in [0.2, 0.25) is 0 Å². The van der Waals surface area contributed by atoms with Gasteiger partial charge in [0.25, 0.3) is 0 Å². The highest BCUT2D eigenvalue weighted by Crippen LogP contribution is 2.39. The molecule has 0 spiro atoms. The van der Waals surface area contributed by atoms with Crippen molar-refractivity contribution in [2.75, 3.05) is 0 Å². The highest BCUT2D eigenvalue weighted by molar-refractivity contribution is 9.08. The van der Waals surface area contributed by atoms with Crippen molar-refractivity contribution in [2.45, 2.75) is 10.7 Å². The quantitative estimate of drug-likeness (QED) is 0.399. The van der Waals surface area contributed by atoms with Crippen LogP contribution >= 0.6 is 43.5 Å². The van der Waals surface area contributed by atoms with E-state index >= 15 is 0 Å². The fourth-order valence-electron chi connectivity index (χ4n) is 2.69. The van der Waals surface area contributed by atoms with Crippen molar-refractivity contribution < 1.29 is 0 Å². The van der Waals surface area contributed by atoms with Gasteiger partial charge in [0.15, 0.2) is 0 Å². The minimum Gasteiger partial charge on any atom is -0.0876 e. The Morgan fingerprint density at radius 1 is 0.762 bits per heavy atom. The van der Waals surface area contributed by atoms with Gasteiger partial charge < -0.3 is 0 Å². The molecule has 3 aromatic rings. The normalized spacial score (nSPS) is 11.0. The zero-order chi connectivity index (χ0) is 14.8. The molecular formula is C18H13Br2Cl. The Labute approximate surface area is 146 Å². The highest BCUT2D eigenvalue weighted by atomic mass is 79.9. The summed E-state index contributed by atoms with van der Waals surface area (Å²) in [6.45, 7) is 0. The zero-order valence-corrected chi connectivity index (χ0v) is 15.2. The first kappa shape index (κ1) is 15.1. The summed E-state index contributed by atoms with van der Waals surface area (Å²) in [5.41, 5.74) is 5.03. The lowest BCUT2D eigenvalue weighted by Gasteiger charge is -2.16. The Morgan fingerprint density at radius 3 is 2.10 bits per heavy atom. The van der Waals surface area contributed by atoms with Crippen LogP contribution in [0.4, 0.5) is 0 Å². The van der Waals surface area contributed by atoms with Crippen molar-refractivity contribution in [1.82, 2.24) is 0 Å². The summed E-state index contributed by atoms with van der Waals surface area (Å²) >= 11 is 13.6. The first-order valence-corrected chi connectivity index (χ1v) is 9.28. The topological polar surface area (TPSA) is 0 Å². The molecule has 0 bridgehead atoms. The van der Waals surface area contributed by atoms with Gasteiger partial charge in [-0.15, -0.1) is 0 Å². The molecule has 0 atom stereocenters. The minimum absolute atomic E-state index is 0.781. The second kappa shape index (κ2) is 6.51. The van der Waals surface area contributed by atoms with E-state index in [0.29, 0.717) is 0 Å². The van der Waals surface area contributed by atoms with Crippen LogP contribution in [0, 0.1) is 0 Å². The molecule has 0 saturated heterocycles. The summed E-state index contributed by atoms with van der Waals surface area (Å²) in [7, 11) is 0. The Balaban J connectivity index is 2.43. The fraction of sp³-hybridized carbons (Fsp3) is 0.111. The average molecular weight is 425 g/mol. The van der Waals surface area contributed by atoms with Crippen molar-refractivity contribution in [3.8, 4) is 11.1 Å². The van der Waals surface area contributed by atoms with E-state index in [1.165, 1.54) is 27.6 Å². The molecular weight excluding hydrogens is 411 g/mol. The molecule has 0 unspecified atom stereocenters. The summed E-state index contributed by atoms with van der Waals surface area (Å²) in [4.78, 5) is 0. The Kier molecular flexibility index (Phi) is 4.68. The van der Waals surface area contributed by atoms with Crippen molar-refractivity contribution in [3.63, 3.8) is 0 Å². The third kappa shape index (κ3) is 2.77. The summed E-state index contributed by atoms with van der Waals surface area (Å²) in [5.74, 6) is 0. The smallest absolute Gasteiger partial charge is 0.0487 e. The molecule has 3 heteroatoms. The van der Waals surface area contributed by atoms with Crippen LogP contribution in [0.25, 0.3) is 21.9 Å². The standard InChI is InChI=1S/C18H13Br2Cl/c19-10-12-5-1-2-6-14(12)18-13(11-20)9-17(21)15-7-3-4-8-16(15)18/h1-9H,10-11H2. The lowest BCUT2D eigenvalue weighted by molar-refractivity contribution is 1.39. The third-order valence-electron chi connectivity index (χ3n) is 3.65. The van der Waals surface area contributed by atoms with Gasteiger partial charge in [0, 0.05) is 21.1 Å². The fourth-order valence-corrected chi connectivity index (χ4v) is 3.92. The van der Waals surface area contributed by atoms with Crippen molar-refractivity contribution in [2.24, 2.45) is 0 Å². The molecule has 0 aliphatic rings. The van der Waals surface area contributed by atoms with Gasteiger partial charge in [-0.2, -0.15) is 0 Å². The largest absolute Gasteiger partial charge is 0.0876 e. The molecule has 0 aliphatic heterocycles. The predicted molar refractivity (Wildman–Crippen MR) is 99.7 cm³/mol. The van der Waals surface area contributed by atoms with Gasteiger partial charge in [-0.1, -0.05) is 92.0 Å². The number of benzene rings is 3. The molecule has 0 amide bonds. The van der Waals surface area contributed by atoms with E-state index in [1.54, 1.807) is 0 Å². The van der Waals surface area contributed by atoms with Gasteiger partial charge in [-0.25, -0.2) is 0 Å². The number of hydrogen-bond donors (Lipinski definition) is 0. The van der Waals surface area contributed by atoms with Crippen molar-refractivity contribution in [3.05, 3.63) is 70.7 Å². The molecule has 0 heterocycles. The first-order valence-electron chi connectivity index (χ1n) is 6.66. The van der Waals surface area contributed by atoms with Crippen LogP contribution in [0.15, 0.2) is 54.6 Å². The summed E-state index contributed by atoms with van der Waals surface area (Å²) < 4.78 is 0. The van der Waals surface area contributed by atoms with Crippen LogP contribution in [-0.2, 0) is 10.7 Å². The van der Waals surface area contributed by atoms with Crippen molar-refractivity contribution >= 4 is 54.2 Å². The van der Waals surface area contributed by atoms with Crippen LogP contribution in [0.1, 0.15) is 11.1 Å². The molecule has 0 nitrogen and oxygen atoms in total.